The molecule has 1 rings (SSSR count). The Morgan fingerprint density at radius 3 is 2.74 bits per heavy atom. The molecular formula is C14H25N3OS. The zero-order valence-electron chi connectivity index (χ0n) is 12.3. The number of carbonyl (C=O) groups is 1. The van der Waals surface area contributed by atoms with E-state index in [9.17, 15) is 4.79 Å². The highest BCUT2D eigenvalue weighted by atomic mass is 32.1. The molecule has 0 radical (unpaired) electrons. The highest BCUT2D eigenvalue weighted by Crippen LogP contribution is 2.20. The van der Waals surface area contributed by atoms with Crippen molar-refractivity contribution >= 4 is 17.2 Å². The third-order valence-electron chi connectivity index (χ3n) is 2.80. The second-order valence-electron chi connectivity index (χ2n) is 5.02. The van der Waals surface area contributed by atoms with Gasteiger partial charge < -0.3 is 10.6 Å². The lowest BCUT2D eigenvalue weighted by Gasteiger charge is -2.12. The van der Waals surface area contributed by atoms with Crippen molar-refractivity contribution in [3.05, 3.63) is 16.1 Å². The lowest BCUT2D eigenvalue weighted by molar-refractivity contribution is -0.121. The summed E-state index contributed by atoms with van der Waals surface area (Å²) in [6.45, 7) is 9.20. The molecule has 1 aromatic heterocycles. The van der Waals surface area contributed by atoms with Crippen molar-refractivity contribution < 1.29 is 4.79 Å². The predicted octanol–water partition coefficient (Wildman–Crippen LogP) is 2.66. The third-order valence-corrected chi connectivity index (χ3v) is 4.13. The van der Waals surface area contributed by atoms with Gasteiger partial charge in [-0.05, 0) is 26.3 Å². The van der Waals surface area contributed by atoms with Crippen molar-refractivity contribution in [1.29, 1.82) is 0 Å². The standard InChI is InChI=1S/C14H25N3OS/c1-5-12-9-16-14(19-12)11(4)17-13(18)7-6-8-15-10(2)3/h9-11,15H,5-8H2,1-4H3,(H,17,18). The van der Waals surface area contributed by atoms with Crippen molar-refractivity contribution in [1.82, 2.24) is 15.6 Å². The molecule has 0 spiro atoms. The molecule has 1 atom stereocenters. The van der Waals surface area contributed by atoms with Crippen LogP contribution in [-0.2, 0) is 11.2 Å². The van der Waals surface area contributed by atoms with E-state index in [-0.39, 0.29) is 11.9 Å². The summed E-state index contributed by atoms with van der Waals surface area (Å²) in [7, 11) is 0. The minimum atomic E-state index is 0.0101. The zero-order chi connectivity index (χ0) is 14.3. The number of hydrogen-bond acceptors (Lipinski definition) is 4. The molecule has 5 heteroatoms. The first-order chi connectivity index (χ1) is 9.02. The Bertz CT molecular complexity index is 390. The van der Waals surface area contributed by atoms with Crippen LogP contribution in [0.2, 0.25) is 0 Å². The topological polar surface area (TPSA) is 54.0 Å². The molecule has 1 heterocycles. The van der Waals surface area contributed by atoms with E-state index in [4.69, 9.17) is 0 Å². The Labute approximate surface area is 120 Å². The van der Waals surface area contributed by atoms with Crippen LogP contribution in [0.5, 0.6) is 0 Å². The van der Waals surface area contributed by atoms with Gasteiger partial charge in [0, 0.05) is 23.5 Å². The van der Waals surface area contributed by atoms with Gasteiger partial charge in [0.2, 0.25) is 5.91 Å². The summed E-state index contributed by atoms with van der Waals surface area (Å²) in [5.74, 6) is 0.103. The third kappa shape index (κ3) is 6.16. The van der Waals surface area contributed by atoms with Gasteiger partial charge in [0.05, 0.1) is 6.04 Å². The van der Waals surface area contributed by atoms with Gasteiger partial charge in [-0.1, -0.05) is 20.8 Å². The number of carbonyl (C=O) groups excluding carboxylic acids is 1. The van der Waals surface area contributed by atoms with Gasteiger partial charge in [-0.3, -0.25) is 4.79 Å². The van der Waals surface area contributed by atoms with Crippen LogP contribution in [-0.4, -0.2) is 23.5 Å². The fourth-order valence-electron chi connectivity index (χ4n) is 1.70. The Hall–Kier alpha value is -0.940. The van der Waals surface area contributed by atoms with Gasteiger partial charge in [-0.2, -0.15) is 0 Å². The van der Waals surface area contributed by atoms with E-state index in [0.29, 0.717) is 12.5 Å². The van der Waals surface area contributed by atoms with E-state index in [2.05, 4.69) is 36.4 Å². The van der Waals surface area contributed by atoms with Crippen LogP contribution >= 0.6 is 11.3 Å². The first-order valence-electron chi connectivity index (χ1n) is 7.00. The Kier molecular flexibility index (Phi) is 7.02. The van der Waals surface area contributed by atoms with Gasteiger partial charge >= 0.3 is 0 Å². The average Bonchev–Trinajstić information content (AvgIpc) is 2.83. The summed E-state index contributed by atoms with van der Waals surface area (Å²) >= 11 is 1.68. The van der Waals surface area contributed by atoms with E-state index in [1.54, 1.807) is 11.3 Å². The van der Waals surface area contributed by atoms with Gasteiger partial charge in [0.25, 0.3) is 0 Å². The Balaban J connectivity index is 2.27. The van der Waals surface area contributed by atoms with Crippen LogP contribution in [0, 0.1) is 0 Å². The summed E-state index contributed by atoms with van der Waals surface area (Å²) in [5.41, 5.74) is 0. The second kappa shape index (κ2) is 8.27. The predicted molar refractivity (Wildman–Crippen MR) is 80.4 cm³/mol. The molecule has 1 amide bonds. The highest BCUT2D eigenvalue weighted by molar-refractivity contribution is 7.11. The molecule has 2 N–H and O–H groups in total. The van der Waals surface area contributed by atoms with E-state index in [0.717, 1.165) is 24.4 Å². The van der Waals surface area contributed by atoms with Crippen LogP contribution in [0.1, 0.15) is 56.5 Å². The Morgan fingerprint density at radius 1 is 1.42 bits per heavy atom. The Morgan fingerprint density at radius 2 is 2.16 bits per heavy atom. The number of hydrogen-bond donors (Lipinski definition) is 2. The number of nitrogens with one attached hydrogen (secondary N) is 2. The molecule has 0 aliphatic rings. The lowest BCUT2D eigenvalue weighted by Crippen LogP contribution is -2.28. The minimum absolute atomic E-state index is 0.0101. The number of aryl methyl sites for hydroxylation is 1. The molecule has 0 saturated carbocycles. The molecule has 0 aliphatic heterocycles. The number of amides is 1. The number of thiazole rings is 1. The molecule has 0 bridgehead atoms. The second-order valence-corrected chi connectivity index (χ2v) is 6.17. The average molecular weight is 283 g/mol. The maximum atomic E-state index is 11.8. The normalized spacial score (nSPS) is 12.7. The van der Waals surface area contributed by atoms with Gasteiger partial charge in [0.1, 0.15) is 5.01 Å². The zero-order valence-corrected chi connectivity index (χ0v) is 13.1. The van der Waals surface area contributed by atoms with Crippen molar-refractivity contribution in [2.75, 3.05) is 6.54 Å². The number of aromatic nitrogens is 1. The van der Waals surface area contributed by atoms with E-state index >= 15 is 0 Å². The monoisotopic (exact) mass is 283 g/mol. The molecule has 4 nitrogen and oxygen atoms in total. The molecule has 19 heavy (non-hydrogen) atoms. The van der Waals surface area contributed by atoms with Crippen molar-refractivity contribution in [2.45, 2.75) is 59.0 Å². The molecule has 0 aromatic carbocycles. The van der Waals surface area contributed by atoms with Gasteiger partial charge in [-0.15, -0.1) is 11.3 Å². The molecule has 1 aromatic rings. The number of nitrogens with zero attached hydrogens (tertiary/aromatic N) is 1. The maximum Gasteiger partial charge on any atom is 0.220 e. The summed E-state index contributed by atoms with van der Waals surface area (Å²) in [4.78, 5) is 17.4. The fourth-order valence-corrected chi connectivity index (χ4v) is 2.56. The van der Waals surface area contributed by atoms with Crippen LogP contribution in [0.3, 0.4) is 0 Å². The summed E-state index contributed by atoms with van der Waals surface area (Å²) in [6.07, 6.45) is 4.33. The van der Waals surface area contributed by atoms with Crippen LogP contribution < -0.4 is 10.6 Å². The minimum Gasteiger partial charge on any atom is -0.347 e. The molecule has 108 valence electrons. The smallest absolute Gasteiger partial charge is 0.220 e. The number of rotatable bonds is 8. The largest absolute Gasteiger partial charge is 0.347 e. The summed E-state index contributed by atoms with van der Waals surface area (Å²) in [6, 6.07) is 0.487. The summed E-state index contributed by atoms with van der Waals surface area (Å²) in [5, 5.41) is 7.30. The van der Waals surface area contributed by atoms with E-state index in [1.165, 1.54) is 4.88 Å². The molecule has 1 unspecified atom stereocenters. The quantitative estimate of drug-likeness (QED) is 0.721. The SMILES string of the molecule is CCc1cnc(C(C)NC(=O)CCCNC(C)C)s1. The van der Waals surface area contributed by atoms with Crippen LogP contribution in [0.4, 0.5) is 0 Å². The van der Waals surface area contributed by atoms with E-state index in [1.807, 2.05) is 13.1 Å². The van der Waals surface area contributed by atoms with Crippen molar-refractivity contribution in [2.24, 2.45) is 0 Å². The lowest BCUT2D eigenvalue weighted by atomic mass is 10.2. The molecule has 0 saturated heterocycles. The fraction of sp³-hybridized carbons (Fsp3) is 0.714. The van der Waals surface area contributed by atoms with Gasteiger partial charge in [0.15, 0.2) is 0 Å². The maximum absolute atomic E-state index is 11.8. The first kappa shape index (κ1) is 16.1. The van der Waals surface area contributed by atoms with Crippen molar-refractivity contribution in [3.63, 3.8) is 0 Å². The highest BCUT2D eigenvalue weighted by Gasteiger charge is 2.12. The molecule has 0 aliphatic carbocycles. The van der Waals surface area contributed by atoms with Crippen LogP contribution in [0.15, 0.2) is 6.20 Å². The first-order valence-corrected chi connectivity index (χ1v) is 7.82. The van der Waals surface area contributed by atoms with Crippen LogP contribution in [0.25, 0.3) is 0 Å². The summed E-state index contributed by atoms with van der Waals surface area (Å²) < 4.78 is 0. The van der Waals surface area contributed by atoms with Crippen molar-refractivity contribution in [3.8, 4) is 0 Å². The molecular weight excluding hydrogens is 258 g/mol. The van der Waals surface area contributed by atoms with E-state index < -0.39 is 0 Å². The molecule has 0 fully saturated rings. The van der Waals surface area contributed by atoms with Gasteiger partial charge in [-0.25, -0.2) is 4.98 Å².